The molecule has 0 aliphatic heterocycles. The standard InChI is InChI=1S/C14H19N3O/c1-11-4-3-5-12(10-11)6-7-14-16-13(17-18-14)8-9-15-2/h3-5,10,15H,6-9H2,1-2H3. The van der Waals surface area contributed by atoms with Crippen LogP contribution in [-0.4, -0.2) is 23.7 Å². The van der Waals surface area contributed by atoms with Crippen LogP contribution in [0.25, 0.3) is 0 Å². The highest BCUT2D eigenvalue weighted by Gasteiger charge is 2.06. The first kappa shape index (κ1) is 12.8. The van der Waals surface area contributed by atoms with E-state index >= 15 is 0 Å². The highest BCUT2D eigenvalue weighted by atomic mass is 16.5. The molecule has 0 amide bonds. The normalized spacial score (nSPS) is 10.8. The Hall–Kier alpha value is -1.68. The van der Waals surface area contributed by atoms with Crippen molar-refractivity contribution in [1.29, 1.82) is 0 Å². The number of nitrogens with one attached hydrogen (secondary N) is 1. The van der Waals surface area contributed by atoms with E-state index in [1.807, 2.05) is 7.05 Å². The SMILES string of the molecule is CNCCc1noc(CCc2cccc(C)c2)n1. The van der Waals surface area contributed by atoms with Crippen LogP contribution in [0.3, 0.4) is 0 Å². The van der Waals surface area contributed by atoms with Crippen molar-refractivity contribution in [2.75, 3.05) is 13.6 Å². The maximum absolute atomic E-state index is 5.22. The summed E-state index contributed by atoms with van der Waals surface area (Å²) < 4.78 is 5.22. The topological polar surface area (TPSA) is 51.0 Å². The lowest BCUT2D eigenvalue weighted by Crippen LogP contribution is -2.11. The summed E-state index contributed by atoms with van der Waals surface area (Å²) in [4.78, 5) is 4.37. The Morgan fingerprint density at radius 3 is 2.89 bits per heavy atom. The van der Waals surface area contributed by atoms with Gasteiger partial charge in [0.2, 0.25) is 5.89 Å². The third-order valence-corrected chi connectivity index (χ3v) is 2.82. The molecule has 2 rings (SSSR count). The van der Waals surface area contributed by atoms with E-state index in [1.54, 1.807) is 0 Å². The Kier molecular flexibility index (Phi) is 4.47. The van der Waals surface area contributed by atoms with E-state index in [4.69, 9.17) is 4.52 Å². The lowest BCUT2D eigenvalue weighted by atomic mass is 10.1. The fraction of sp³-hybridized carbons (Fsp3) is 0.429. The third-order valence-electron chi connectivity index (χ3n) is 2.82. The van der Waals surface area contributed by atoms with Crippen molar-refractivity contribution >= 4 is 0 Å². The molecule has 0 unspecified atom stereocenters. The van der Waals surface area contributed by atoms with Gasteiger partial charge in [-0.1, -0.05) is 35.0 Å². The lowest BCUT2D eigenvalue weighted by molar-refractivity contribution is 0.373. The quantitative estimate of drug-likeness (QED) is 0.845. The molecular weight excluding hydrogens is 226 g/mol. The van der Waals surface area contributed by atoms with Crippen molar-refractivity contribution in [3.05, 3.63) is 47.1 Å². The van der Waals surface area contributed by atoms with E-state index < -0.39 is 0 Å². The van der Waals surface area contributed by atoms with Gasteiger partial charge in [-0.25, -0.2) is 0 Å². The number of benzene rings is 1. The summed E-state index contributed by atoms with van der Waals surface area (Å²) in [6.07, 6.45) is 2.55. The molecule has 0 fully saturated rings. The maximum atomic E-state index is 5.22. The van der Waals surface area contributed by atoms with Crippen LogP contribution in [0.15, 0.2) is 28.8 Å². The van der Waals surface area contributed by atoms with E-state index in [-0.39, 0.29) is 0 Å². The van der Waals surface area contributed by atoms with Gasteiger partial charge >= 0.3 is 0 Å². The lowest BCUT2D eigenvalue weighted by Gasteiger charge is -1.99. The van der Waals surface area contributed by atoms with Crippen molar-refractivity contribution < 1.29 is 4.52 Å². The predicted molar refractivity (Wildman–Crippen MR) is 70.5 cm³/mol. The predicted octanol–water partition coefficient (Wildman–Crippen LogP) is 1.93. The second-order valence-corrected chi connectivity index (χ2v) is 4.45. The summed E-state index contributed by atoms with van der Waals surface area (Å²) in [5.74, 6) is 1.51. The number of aryl methyl sites for hydroxylation is 3. The zero-order chi connectivity index (χ0) is 12.8. The van der Waals surface area contributed by atoms with Gasteiger partial charge in [0.1, 0.15) is 0 Å². The minimum absolute atomic E-state index is 0.725. The van der Waals surface area contributed by atoms with Crippen molar-refractivity contribution in [2.24, 2.45) is 0 Å². The van der Waals surface area contributed by atoms with Crippen LogP contribution in [0.1, 0.15) is 22.8 Å². The van der Waals surface area contributed by atoms with E-state index in [9.17, 15) is 0 Å². The molecule has 4 nitrogen and oxygen atoms in total. The summed E-state index contributed by atoms with van der Waals surface area (Å²) in [6.45, 7) is 2.98. The molecule has 0 spiro atoms. The molecule has 2 aromatic rings. The van der Waals surface area contributed by atoms with Gasteiger partial charge in [0, 0.05) is 19.4 Å². The minimum Gasteiger partial charge on any atom is -0.339 e. The summed E-state index contributed by atoms with van der Waals surface area (Å²) in [5, 5.41) is 7.03. The van der Waals surface area contributed by atoms with Gasteiger partial charge in [0.15, 0.2) is 5.82 Å². The number of aromatic nitrogens is 2. The molecule has 0 atom stereocenters. The van der Waals surface area contributed by atoms with Crippen molar-refractivity contribution in [3.8, 4) is 0 Å². The monoisotopic (exact) mass is 245 g/mol. The molecule has 1 aromatic carbocycles. The molecule has 1 N–H and O–H groups in total. The molecule has 1 heterocycles. The fourth-order valence-corrected chi connectivity index (χ4v) is 1.85. The van der Waals surface area contributed by atoms with Gasteiger partial charge in [-0.05, 0) is 26.0 Å². The molecule has 0 aliphatic carbocycles. The molecule has 0 radical (unpaired) electrons. The van der Waals surface area contributed by atoms with Crippen molar-refractivity contribution in [1.82, 2.24) is 15.5 Å². The molecular formula is C14H19N3O. The highest BCUT2D eigenvalue weighted by molar-refractivity contribution is 5.22. The maximum Gasteiger partial charge on any atom is 0.226 e. The Bertz CT molecular complexity index is 493. The summed E-state index contributed by atoms with van der Waals surface area (Å²) >= 11 is 0. The first-order valence-electron chi connectivity index (χ1n) is 6.29. The van der Waals surface area contributed by atoms with Gasteiger partial charge in [-0.2, -0.15) is 4.98 Å². The second kappa shape index (κ2) is 6.31. The van der Waals surface area contributed by atoms with Crippen LogP contribution in [0.5, 0.6) is 0 Å². The molecule has 0 aliphatic rings. The van der Waals surface area contributed by atoms with Crippen LogP contribution in [-0.2, 0) is 19.3 Å². The second-order valence-electron chi connectivity index (χ2n) is 4.45. The van der Waals surface area contributed by atoms with Crippen LogP contribution < -0.4 is 5.32 Å². The smallest absolute Gasteiger partial charge is 0.226 e. The number of hydrogen-bond donors (Lipinski definition) is 1. The first-order chi connectivity index (χ1) is 8.78. The molecule has 0 saturated heterocycles. The van der Waals surface area contributed by atoms with Gasteiger partial charge in [0.25, 0.3) is 0 Å². The first-order valence-corrected chi connectivity index (χ1v) is 6.29. The van der Waals surface area contributed by atoms with Crippen molar-refractivity contribution in [3.63, 3.8) is 0 Å². The minimum atomic E-state index is 0.725. The largest absolute Gasteiger partial charge is 0.339 e. The van der Waals surface area contributed by atoms with Gasteiger partial charge in [-0.3, -0.25) is 0 Å². The Morgan fingerprint density at radius 1 is 1.22 bits per heavy atom. The molecule has 0 saturated carbocycles. The number of rotatable bonds is 6. The van der Waals surface area contributed by atoms with E-state index in [0.29, 0.717) is 0 Å². The highest BCUT2D eigenvalue weighted by Crippen LogP contribution is 2.08. The average Bonchev–Trinajstić information content (AvgIpc) is 2.82. The summed E-state index contributed by atoms with van der Waals surface area (Å²) in [6, 6.07) is 8.51. The Labute approximate surface area is 107 Å². The van der Waals surface area contributed by atoms with Gasteiger partial charge < -0.3 is 9.84 Å². The Morgan fingerprint density at radius 2 is 2.11 bits per heavy atom. The number of likely N-dealkylation sites (N-methyl/N-ethyl adjacent to an activating group) is 1. The molecule has 4 heteroatoms. The fourth-order valence-electron chi connectivity index (χ4n) is 1.85. The summed E-state index contributed by atoms with van der Waals surface area (Å²) in [7, 11) is 1.92. The Balaban J connectivity index is 1.88. The zero-order valence-electron chi connectivity index (χ0n) is 10.9. The van der Waals surface area contributed by atoms with Crippen LogP contribution >= 0.6 is 0 Å². The number of nitrogens with zero attached hydrogens (tertiary/aromatic N) is 2. The third kappa shape index (κ3) is 3.67. The molecule has 1 aromatic heterocycles. The molecule has 0 bridgehead atoms. The van der Waals surface area contributed by atoms with Crippen LogP contribution in [0, 0.1) is 6.92 Å². The van der Waals surface area contributed by atoms with Gasteiger partial charge in [0.05, 0.1) is 0 Å². The van der Waals surface area contributed by atoms with E-state index in [1.165, 1.54) is 11.1 Å². The molecule has 18 heavy (non-hydrogen) atoms. The van der Waals surface area contributed by atoms with Gasteiger partial charge in [-0.15, -0.1) is 0 Å². The van der Waals surface area contributed by atoms with E-state index in [0.717, 1.165) is 37.5 Å². The summed E-state index contributed by atoms with van der Waals surface area (Å²) in [5.41, 5.74) is 2.60. The van der Waals surface area contributed by atoms with E-state index in [2.05, 4.69) is 46.6 Å². The number of hydrogen-bond acceptors (Lipinski definition) is 4. The van der Waals surface area contributed by atoms with Crippen LogP contribution in [0.2, 0.25) is 0 Å². The zero-order valence-corrected chi connectivity index (χ0v) is 10.9. The van der Waals surface area contributed by atoms with Crippen molar-refractivity contribution in [2.45, 2.75) is 26.2 Å². The van der Waals surface area contributed by atoms with Crippen LogP contribution in [0.4, 0.5) is 0 Å². The average molecular weight is 245 g/mol. The molecule has 96 valence electrons.